The van der Waals surface area contributed by atoms with E-state index in [1.54, 1.807) is 79.3 Å². The van der Waals surface area contributed by atoms with Gasteiger partial charge in [0, 0.05) is 44.6 Å². The molecule has 0 aromatic heterocycles. The van der Waals surface area contributed by atoms with Gasteiger partial charge in [-0.25, -0.2) is 14.4 Å². The second kappa shape index (κ2) is 21.8. The van der Waals surface area contributed by atoms with Crippen molar-refractivity contribution in [2.75, 3.05) is 13.1 Å². The van der Waals surface area contributed by atoms with Crippen LogP contribution in [0.15, 0.2) is 24.3 Å². The summed E-state index contributed by atoms with van der Waals surface area (Å²) in [7, 11) is 0. The maximum absolute atomic E-state index is 13.3. The number of carbonyl (C=O) groups excluding carboxylic acids is 6. The van der Waals surface area contributed by atoms with E-state index in [2.05, 4.69) is 16.0 Å². The number of non-ortho nitro benzene ring substituents is 1. The normalized spacial score (nSPS) is 12.8. The summed E-state index contributed by atoms with van der Waals surface area (Å²) in [4.78, 5) is 88.3. The van der Waals surface area contributed by atoms with Crippen molar-refractivity contribution < 1.29 is 47.9 Å². The number of rotatable bonds is 20. The predicted molar refractivity (Wildman–Crippen MR) is 201 cm³/mol. The lowest BCUT2D eigenvalue weighted by Gasteiger charge is -2.26. The molecule has 3 N–H and O–H groups in total. The van der Waals surface area contributed by atoms with Crippen LogP contribution in [0.1, 0.15) is 126 Å². The Balaban J connectivity index is 2.87. The Kier molecular flexibility index (Phi) is 19.1. The number of esters is 2. The summed E-state index contributed by atoms with van der Waals surface area (Å²) in [6.07, 6.45) is 1.63. The number of nitro groups is 1. The van der Waals surface area contributed by atoms with Gasteiger partial charge in [-0.15, -0.1) is 0 Å². The van der Waals surface area contributed by atoms with Crippen molar-refractivity contribution in [1.82, 2.24) is 20.9 Å². The third-order valence-electron chi connectivity index (χ3n) is 7.38. The van der Waals surface area contributed by atoms with Gasteiger partial charge in [-0.2, -0.15) is 0 Å². The van der Waals surface area contributed by atoms with Crippen LogP contribution in [0.25, 0.3) is 0 Å². The summed E-state index contributed by atoms with van der Waals surface area (Å²) in [6.45, 7) is 17.7. The summed E-state index contributed by atoms with van der Waals surface area (Å²) in [5.74, 6) is -1.74. The summed E-state index contributed by atoms with van der Waals surface area (Å²) in [5, 5.41) is 18.9. The van der Waals surface area contributed by atoms with Crippen LogP contribution in [0.5, 0.6) is 0 Å². The van der Waals surface area contributed by atoms with Gasteiger partial charge >= 0.3 is 24.1 Å². The van der Waals surface area contributed by atoms with Crippen LogP contribution in [0.4, 0.5) is 15.3 Å². The van der Waals surface area contributed by atoms with E-state index in [1.165, 1.54) is 19.1 Å². The molecular formula is C38H61N5O11. The fraction of sp³-hybridized carbons (Fsp3) is 0.684. The maximum Gasteiger partial charge on any atom is 0.407 e. The number of urea groups is 1. The van der Waals surface area contributed by atoms with Gasteiger partial charge < -0.3 is 35.1 Å². The molecule has 1 rings (SSSR count). The molecule has 16 nitrogen and oxygen atoms in total. The highest BCUT2D eigenvalue weighted by atomic mass is 16.6. The molecule has 0 bridgehead atoms. The number of unbranched alkanes of at least 4 members (excludes halogenated alkanes) is 2. The molecule has 304 valence electrons. The quantitative estimate of drug-likeness (QED) is 0.0469. The first-order chi connectivity index (χ1) is 24.8. The number of hydrogen-bond acceptors (Lipinski definition) is 11. The average Bonchev–Trinajstić information content (AvgIpc) is 3.01. The first kappa shape index (κ1) is 47.3. The Labute approximate surface area is 318 Å². The summed E-state index contributed by atoms with van der Waals surface area (Å²) < 4.78 is 16.0. The molecule has 0 spiro atoms. The number of Topliss-reactive ketones (excluding diaryl/α,β-unsaturated/α-hetero) is 1. The Hall–Kier alpha value is -4.76. The van der Waals surface area contributed by atoms with Crippen molar-refractivity contribution in [2.45, 2.75) is 156 Å². The smallest absolute Gasteiger partial charge is 0.407 e. The second-order valence-electron chi connectivity index (χ2n) is 16.1. The lowest BCUT2D eigenvalue weighted by Crippen LogP contribution is -2.52. The van der Waals surface area contributed by atoms with Gasteiger partial charge in [0.2, 0.25) is 5.91 Å². The minimum Gasteiger partial charge on any atom is -0.460 e. The number of ketones is 1. The average molecular weight is 764 g/mol. The van der Waals surface area contributed by atoms with E-state index in [0.29, 0.717) is 44.3 Å². The predicted octanol–water partition coefficient (Wildman–Crippen LogP) is 5.88. The van der Waals surface area contributed by atoms with E-state index in [-0.39, 0.29) is 49.6 Å². The van der Waals surface area contributed by atoms with Gasteiger partial charge in [-0.3, -0.25) is 24.5 Å². The van der Waals surface area contributed by atoms with Crippen molar-refractivity contribution >= 4 is 41.4 Å². The summed E-state index contributed by atoms with van der Waals surface area (Å²) >= 11 is 0. The van der Waals surface area contributed by atoms with Crippen LogP contribution < -0.4 is 16.0 Å². The molecule has 1 aromatic rings. The van der Waals surface area contributed by atoms with Crippen molar-refractivity contribution in [1.29, 1.82) is 0 Å². The number of amides is 4. The van der Waals surface area contributed by atoms with Gasteiger partial charge in [-0.05, 0) is 113 Å². The van der Waals surface area contributed by atoms with E-state index >= 15 is 0 Å². The van der Waals surface area contributed by atoms with E-state index < -0.39 is 57.9 Å². The topological polar surface area (TPSA) is 213 Å². The van der Waals surface area contributed by atoms with E-state index in [1.807, 2.05) is 0 Å². The summed E-state index contributed by atoms with van der Waals surface area (Å²) in [5.41, 5.74) is -1.57. The third-order valence-corrected chi connectivity index (χ3v) is 7.38. The Morgan fingerprint density at radius 2 is 1.31 bits per heavy atom. The number of benzene rings is 1. The molecule has 0 aliphatic rings. The highest BCUT2D eigenvalue weighted by molar-refractivity contribution is 5.89. The molecule has 0 fully saturated rings. The van der Waals surface area contributed by atoms with Crippen molar-refractivity contribution in [3.8, 4) is 0 Å². The highest BCUT2D eigenvalue weighted by Gasteiger charge is 2.29. The minimum absolute atomic E-state index is 0.0682. The molecule has 2 atom stereocenters. The van der Waals surface area contributed by atoms with Crippen LogP contribution in [0.2, 0.25) is 0 Å². The van der Waals surface area contributed by atoms with Crippen LogP contribution >= 0.6 is 0 Å². The molecule has 54 heavy (non-hydrogen) atoms. The second-order valence-corrected chi connectivity index (χ2v) is 16.1. The van der Waals surface area contributed by atoms with Gasteiger partial charge in [0.15, 0.2) is 5.78 Å². The molecule has 0 radical (unpaired) electrons. The molecule has 0 aliphatic carbocycles. The van der Waals surface area contributed by atoms with Crippen LogP contribution in [-0.2, 0) is 39.9 Å². The minimum atomic E-state index is -1.18. The van der Waals surface area contributed by atoms with E-state index in [9.17, 15) is 38.9 Å². The molecule has 0 aliphatic heterocycles. The molecule has 4 amide bonds. The molecule has 0 saturated heterocycles. The lowest BCUT2D eigenvalue weighted by atomic mass is 10.1. The molecule has 1 aromatic carbocycles. The molecule has 2 unspecified atom stereocenters. The summed E-state index contributed by atoms with van der Waals surface area (Å²) in [6, 6.07) is 3.07. The van der Waals surface area contributed by atoms with E-state index in [0.717, 1.165) is 0 Å². The molecular weight excluding hydrogens is 702 g/mol. The SMILES string of the molecule is CC(=O)C(CCCCN(Cc1ccc([N+](=O)[O-])cc1)C(=O)CCCCNC(=O)OC(C)(C)C)NC(=O)NC(CCC(=O)OC(C)(C)C)C(=O)OC(C)(C)C. The third kappa shape index (κ3) is 21.7. The number of hydrogen-bond donors (Lipinski definition) is 3. The number of nitrogens with one attached hydrogen (secondary N) is 3. The largest absolute Gasteiger partial charge is 0.460 e. The zero-order valence-corrected chi connectivity index (χ0v) is 33.6. The Bertz CT molecular complexity index is 1430. The first-order valence-electron chi connectivity index (χ1n) is 18.4. The van der Waals surface area contributed by atoms with Crippen molar-refractivity contribution in [3.05, 3.63) is 39.9 Å². The van der Waals surface area contributed by atoms with Crippen LogP contribution in [0, 0.1) is 10.1 Å². The van der Waals surface area contributed by atoms with Gasteiger partial charge in [0.05, 0.1) is 11.0 Å². The van der Waals surface area contributed by atoms with Gasteiger partial charge in [0.25, 0.3) is 5.69 Å². The highest BCUT2D eigenvalue weighted by Crippen LogP contribution is 2.17. The number of nitro benzene ring substituents is 1. The number of alkyl carbamates (subject to hydrolysis) is 1. The zero-order valence-electron chi connectivity index (χ0n) is 33.6. The van der Waals surface area contributed by atoms with Crippen molar-refractivity contribution in [2.24, 2.45) is 0 Å². The van der Waals surface area contributed by atoms with Gasteiger partial charge in [0.1, 0.15) is 22.8 Å². The fourth-order valence-corrected chi connectivity index (χ4v) is 4.96. The van der Waals surface area contributed by atoms with Gasteiger partial charge in [-0.1, -0.05) is 12.1 Å². The molecule has 16 heteroatoms. The Morgan fingerprint density at radius 3 is 1.85 bits per heavy atom. The van der Waals surface area contributed by atoms with Crippen LogP contribution in [-0.4, -0.2) is 87.6 Å². The van der Waals surface area contributed by atoms with Crippen molar-refractivity contribution in [3.63, 3.8) is 0 Å². The standard InChI is InChI=1S/C38H61N5O11/c1-26(44)29(40-34(48)41-30(33(47)53-37(5,6)7)21-22-32(46)52-36(2,3)4)15-12-14-24-42(25-27-17-19-28(20-18-27)43(50)51)31(45)16-11-13-23-39-35(49)54-38(8,9)10/h17-20,29-30H,11-16,21-25H2,1-10H3,(H,39,49)(H2,40,41,48). The molecule has 0 heterocycles. The maximum atomic E-state index is 13.3. The monoisotopic (exact) mass is 763 g/mol. The zero-order chi connectivity index (χ0) is 41.3. The van der Waals surface area contributed by atoms with Crippen LogP contribution in [0.3, 0.4) is 0 Å². The number of carbonyl (C=O) groups is 6. The number of nitrogens with zero attached hydrogens (tertiary/aromatic N) is 2. The Morgan fingerprint density at radius 1 is 0.741 bits per heavy atom. The number of ether oxygens (including phenoxy) is 3. The first-order valence-corrected chi connectivity index (χ1v) is 18.4. The molecule has 0 saturated carbocycles. The fourth-order valence-electron chi connectivity index (χ4n) is 4.96. The lowest BCUT2D eigenvalue weighted by molar-refractivity contribution is -0.384. The van der Waals surface area contributed by atoms with E-state index in [4.69, 9.17) is 14.2 Å².